The number of pyridine rings is 1. The Balaban J connectivity index is 2.16. The fourth-order valence-electron chi connectivity index (χ4n) is 2.16. The summed E-state index contributed by atoms with van der Waals surface area (Å²) >= 11 is 3.40. The molecule has 1 aromatic carbocycles. The Bertz CT molecular complexity index is 513. The summed E-state index contributed by atoms with van der Waals surface area (Å²) in [6.07, 6.45) is 3.93. The van der Waals surface area contributed by atoms with E-state index in [9.17, 15) is 0 Å². The summed E-state index contributed by atoms with van der Waals surface area (Å²) in [5, 5.41) is 3.54. The maximum absolute atomic E-state index is 4.39. The van der Waals surface area contributed by atoms with Crippen LogP contribution in [0.1, 0.15) is 30.7 Å². The van der Waals surface area contributed by atoms with Crippen molar-refractivity contribution in [2.75, 3.05) is 5.32 Å². The molecule has 2 rings (SSSR count). The summed E-state index contributed by atoms with van der Waals surface area (Å²) in [4.78, 5) is 4.39. The third kappa shape index (κ3) is 3.57. The summed E-state index contributed by atoms with van der Waals surface area (Å²) in [5.41, 5.74) is 5.07. The van der Waals surface area contributed by atoms with Crippen molar-refractivity contribution in [3.8, 4) is 0 Å². The zero-order valence-corrected chi connectivity index (χ0v) is 13.0. The van der Waals surface area contributed by atoms with Gasteiger partial charge < -0.3 is 5.32 Å². The number of hydrogen-bond donors (Lipinski definition) is 1. The van der Waals surface area contributed by atoms with Crippen molar-refractivity contribution in [2.45, 2.75) is 33.2 Å². The summed E-state index contributed by atoms with van der Waals surface area (Å²) in [5.74, 6) is 0. The van der Waals surface area contributed by atoms with E-state index >= 15 is 0 Å². The standard InChI is InChI=1S/C16H19BrN2/c1-3-12-6-5-7-13(4-2)16(12)19-11-15-9-8-14(17)10-18-15/h5-10,19H,3-4,11H2,1-2H3. The predicted octanol–water partition coefficient (Wildman–Crippen LogP) is 4.58. The first-order valence-electron chi connectivity index (χ1n) is 6.69. The maximum atomic E-state index is 4.39. The predicted molar refractivity (Wildman–Crippen MR) is 84.5 cm³/mol. The van der Waals surface area contributed by atoms with Gasteiger partial charge in [0, 0.05) is 16.4 Å². The highest BCUT2D eigenvalue weighted by Crippen LogP contribution is 2.23. The molecule has 0 atom stereocenters. The average molecular weight is 319 g/mol. The molecule has 0 aliphatic heterocycles. The molecule has 2 nitrogen and oxygen atoms in total. The minimum Gasteiger partial charge on any atom is -0.379 e. The van der Waals surface area contributed by atoms with Crippen LogP contribution in [0.5, 0.6) is 0 Å². The second kappa shape index (κ2) is 6.71. The number of nitrogens with zero attached hydrogens (tertiary/aromatic N) is 1. The first-order chi connectivity index (χ1) is 9.24. The Labute approximate surface area is 123 Å². The molecule has 0 spiro atoms. The van der Waals surface area contributed by atoms with Crippen molar-refractivity contribution in [3.63, 3.8) is 0 Å². The molecule has 19 heavy (non-hydrogen) atoms. The number of anilines is 1. The van der Waals surface area contributed by atoms with Crippen LogP contribution in [0.25, 0.3) is 0 Å². The van der Waals surface area contributed by atoms with Gasteiger partial charge in [-0.1, -0.05) is 32.0 Å². The second-order valence-corrected chi connectivity index (χ2v) is 5.40. The molecule has 1 heterocycles. The fraction of sp³-hybridized carbons (Fsp3) is 0.312. The van der Waals surface area contributed by atoms with E-state index in [0.717, 1.165) is 29.6 Å². The molecule has 0 aliphatic rings. The van der Waals surface area contributed by atoms with Gasteiger partial charge in [-0.25, -0.2) is 0 Å². The third-order valence-corrected chi connectivity index (χ3v) is 3.70. The topological polar surface area (TPSA) is 24.9 Å². The van der Waals surface area contributed by atoms with Crippen molar-refractivity contribution in [1.29, 1.82) is 0 Å². The Kier molecular flexibility index (Phi) is 4.97. The first-order valence-corrected chi connectivity index (χ1v) is 7.49. The number of benzene rings is 1. The van der Waals surface area contributed by atoms with Gasteiger partial charge in [0.25, 0.3) is 0 Å². The van der Waals surface area contributed by atoms with E-state index < -0.39 is 0 Å². The van der Waals surface area contributed by atoms with Crippen molar-refractivity contribution in [3.05, 3.63) is 57.8 Å². The molecular weight excluding hydrogens is 300 g/mol. The first kappa shape index (κ1) is 14.1. The average Bonchev–Trinajstić information content (AvgIpc) is 2.46. The van der Waals surface area contributed by atoms with E-state index in [1.807, 2.05) is 18.3 Å². The lowest BCUT2D eigenvalue weighted by Crippen LogP contribution is -2.06. The van der Waals surface area contributed by atoms with Gasteiger partial charge in [0.15, 0.2) is 0 Å². The Morgan fingerprint density at radius 2 is 1.74 bits per heavy atom. The summed E-state index contributed by atoms with van der Waals surface area (Å²) in [7, 11) is 0. The molecule has 0 bridgehead atoms. The SMILES string of the molecule is CCc1cccc(CC)c1NCc1ccc(Br)cn1. The highest BCUT2D eigenvalue weighted by molar-refractivity contribution is 9.10. The summed E-state index contributed by atoms with van der Waals surface area (Å²) in [6.45, 7) is 5.15. The molecule has 3 heteroatoms. The maximum Gasteiger partial charge on any atom is 0.0595 e. The normalized spacial score (nSPS) is 10.5. The third-order valence-electron chi connectivity index (χ3n) is 3.23. The van der Waals surface area contributed by atoms with Crippen molar-refractivity contribution >= 4 is 21.6 Å². The van der Waals surface area contributed by atoms with E-state index in [1.54, 1.807) is 0 Å². The fourth-order valence-corrected chi connectivity index (χ4v) is 2.39. The van der Waals surface area contributed by atoms with Gasteiger partial charge in [-0.05, 0) is 52.0 Å². The molecule has 0 aliphatic carbocycles. The smallest absolute Gasteiger partial charge is 0.0595 e. The van der Waals surface area contributed by atoms with Gasteiger partial charge in [-0.15, -0.1) is 0 Å². The van der Waals surface area contributed by atoms with E-state index in [1.165, 1.54) is 16.8 Å². The molecule has 0 saturated carbocycles. The highest BCUT2D eigenvalue weighted by Gasteiger charge is 2.05. The van der Waals surface area contributed by atoms with E-state index in [0.29, 0.717) is 0 Å². The monoisotopic (exact) mass is 318 g/mol. The second-order valence-electron chi connectivity index (χ2n) is 4.48. The highest BCUT2D eigenvalue weighted by atomic mass is 79.9. The zero-order valence-electron chi connectivity index (χ0n) is 11.4. The van der Waals surface area contributed by atoms with Gasteiger partial charge in [-0.2, -0.15) is 0 Å². The summed E-state index contributed by atoms with van der Waals surface area (Å²) in [6, 6.07) is 10.6. The lowest BCUT2D eigenvalue weighted by Gasteiger charge is -2.15. The van der Waals surface area contributed by atoms with Crippen LogP contribution in [0.4, 0.5) is 5.69 Å². The quantitative estimate of drug-likeness (QED) is 0.872. The van der Waals surface area contributed by atoms with Crippen LogP contribution in [0.15, 0.2) is 41.0 Å². The lowest BCUT2D eigenvalue weighted by molar-refractivity contribution is 1.01. The molecule has 1 N–H and O–H groups in total. The molecule has 0 amide bonds. The number of aryl methyl sites for hydroxylation is 2. The Morgan fingerprint density at radius 3 is 2.26 bits per heavy atom. The van der Waals surface area contributed by atoms with Crippen LogP contribution in [-0.4, -0.2) is 4.98 Å². The number of rotatable bonds is 5. The lowest BCUT2D eigenvalue weighted by atomic mass is 10.0. The Hall–Kier alpha value is -1.35. The van der Waals surface area contributed by atoms with Crippen LogP contribution in [0.3, 0.4) is 0 Å². The van der Waals surface area contributed by atoms with Gasteiger partial charge >= 0.3 is 0 Å². The molecule has 0 saturated heterocycles. The van der Waals surface area contributed by atoms with Crippen LogP contribution in [0.2, 0.25) is 0 Å². The number of aromatic nitrogens is 1. The molecular formula is C16H19BrN2. The number of halogens is 1. The summed E-state index contributed by atoms with van der Waals surface area (Å²) < 4.78 is 1.01. The van der Waals surface area contributed by atoms with Crippen LogP contribution < -0.4 is 5.32 Å². The van der Waals surface area contributed by atoms with Crippen molar-refractivity contribution < 1.29 is 0 Å². The minimum absolute atomic E-state index is 0.761. The van der Waals surface area contributed by atoms with E-state index in [2.05, 4.69) is 58.3 Å². The molecule has 0 radical (unpaired) electrons. The molecule has 0 unspecified atom stereocenters. The van der Waals surface area contributed by atoms with Gasteiger partial charge in [-0.3, -0.25) is 4.98 Å². The van der Waals surface area contributed by atoms with Crippen LogP contribution in [-0.2, 0) is 19.4 Å². The van der Waals surface area contributed by atoms with Gasteiger partial charge in [0.2, 0.25) is 0 Å². The minimum atomic E-state index is 0.761. The number of nitrogens with one attached hydrogen (secondary N) is 1. The van der Waals surface area contributed by atoms with Gasteiger partial charge in [0.1, 0.15) is 0 Å². The van der Waals surface area contributed by atoms with E-state index in [-0.39, 0.29) is 0 Å². The molecule has 1 aromatic heterocycles. The van der Waals surface area contributed by atoms with E-state index in [4.69, 9.17) is 0 Å². The van der Waals surface area contributed by atoms with Crippen LogP contribution >= 0.6 is 15.9 Å². The van der Waals surface area contributed by atoms with Crippen molar-refractivity contribution in [1.82, 2.24) is 4.98 Å². The number of hydrogen-bond acceptors (Lipinski definition) is 2. The van der Waals surface area contributed by atoms with Gasteiger partial charge in [0.05, 0.1) is 12.2 Å². The molecule has 0 fully saturated rings. The van der Waals surface area contributed by atoms with Crippen LogP contribution in [0, 0.1) is 0 Å². The Morgan fingerprint density at radius 1 is 1.05 bits per heavy atom. The molecule has 2 aromatic rings. The zero-order chi connectivity index (χ0) is 13.7. The number of para-hydroxylation sites is 1. The molecule has 100 valence electrons. The largest absolute Gasteiger partial charge is 0.379 e. The van der Waals surface area contributed by atoms with Crippen molar-refractivity contribution in [2.24, 2.45) is 0 Å².